The summed E-state index contributed by atoms with van der Waals surface area (Å²) in [7, 11) is 1.16. The predicted molar refractivity (Wildman–Crippen MR) is 64.7 cm³/mol. The third-order valence-electron chi connectivity index (χ3n) is 2.49. The first-order valence-corrected chi connectivity index (χ1v) is 5.41. The number of esters is 1. The summed E-state index contributed by atoms with van der Waals surface area (Å²) in [6.07, 6.45) is -1.50. The van der Waals surface area contributed by atoms with Crippen molar-refractivity contribution in [3.05, 3.63) is 39.4 Å². The maximum Gasteiger partial charge on any atom is 0.338 e. The molecule has 0 aromatic heterocycles. The highest BCUT2D eigenvalue weighted by atomic mass is 16.6. The lowest BCUT2D eigenvalue weighted by molar-refractivity contribution is -0.386. The van der Waals surface area contributed by atoms with Crippen molar-refractivity contribution in [3.63, 3.8) is 0 Å². The van der Waals surface area contributed by atoms with Crippen molar-refractivity contribution in [1.82, 2.24) is 0 Å². The Bertz CT molecular complexity index is 525. The minimum atomic E-state index is -1.27. The van der Waals surface area contributed by atoms with E-state index in [9.17, 15) is 24.8 Å². The van der Waals surface area contributed by atoms with E-state index in [0.29, 0.717) is 0 Å². The predicted octanol–water partition coefficient (Wildman–Crippen LogP) is 1.39. The summed E-state index contributed by atoms with van der Waals surface area (Å²) in [4.78, 5) is 32.4. The molecule has 0 unspecified atom stereocenters. The fourth-order valence-corrected chi connectivity index (χ4v) is 1.61. The van der Waals surface area contributed by atoms with E-state index in [1.165, 1.54) is 19.1 Å². The summed E-state index contributed by atoms with van der Waals surface area (Å²) in [5.41, 5.74) is -0.419. The number of nitro benzene ring substituents is 1. The zero-order valence-electron chi connectivity index (χ0n) is 10.5. The van der Waals surface area contributed by atoms with Gasteiger partial charge in [-0.1, -0.05) is 0 Å². The molecule has 0 aliphatic rings. The SMILES string of the molecule is COC(=O)c1ccc([C@H](O)CC(C)=O)c([N+](=O)[O-])c1. The van der Waals surface area contributed by atoms with Crippen molar-refractivity contribution in [2.45, 2.75) is 19.4 Å². The lowest BCUT2D eigenvalue weighted by Crippen LogP contribution is -2.08. The van der Waals surface area contributed by atoms with Crippen LogP contribution in [0.4, 0.5) is 5.69 Å². The molecular weight excluding hydrogens is 254 g/mol. The number of hydrogen-bond acceptors (Lipinski definition) is 6. The molecule has 0 aliphatic heterocycles. The summed E-state index contributed by atoms with van der Waals surface area (Å²) in [6, 6.07) is 3.57. The highest BCUT2D eigenvalue weighted by molar-refractivity contribution is 5.90. The standard InChI is InChI=1S/C12H13NO6/c1-7(14)5-11(15)9-4-3-8(12(16)19-2)6-10(9)13(17)18/h3-4,6,11,15H,5H2,1-2H3/t11-/m1/s1. The van der Waals surface area contributed by atoms with E-state index in [-0.39, 0.29) is 23.3 Å². The molecule has 7 nitrogen and oxygen atoms in total. The van der Waals surface area contributed by atoms with Gasteiger partial charge >= 0.3 is 5.97 Å². The third kappa shape index (κ3) is 3.59. The van der Waals surface area contributed by atoms with Gasteiger partial charge in [-0.15, -0.1) is 0 Å². The van der Waals surface area contributed by atoms with Crippen LogP contribution in [0.25, 0.3) is 0 Å². The minimum Gasteiger partial charge on any atom is -0.465 e. The van der Waals surface area contributed by atoms with Gasteiger partial charge in [0.15, 0.2) is 0 Å². The number of nitro groups is 1. The molecule has 0 spiro atoms. The fourth-order valence-electron chi connectivity index (χ4n) is 1.61. The molecule has 1 atom stereocenters. The van der Waals surface area contributed by atoms with Crippen molar-refractivity contribution in [2.75, 3.05) is 7.11 Å². The Hall–Kier alpha value is -2.28. The number of nitrogens with zero attached hydrogens (tertiary/aromatic N) is 1. The van der Waals surface area contributed by atoms with Crippen LogP contribution in [0.2, 0.25) is 0 Å². The van der Waals surface area contributed by atoms with Crippen LogP contribution in [0.1, 0.15) is 35.4 Å². The van der Waals surface area contributed by atoms with Gasteiger partial charge in [0.25, 0.3) is 5.69 Å². The smallest absolute Gasteiger partial charge is 0.338 e. The van der Waals surface area contributed by atoms with Crippen molar-refractivity contribution < 1.29 is 24.4 Å². The van der Waals surface area contributed by atoms with Crippen LogP contribution in [-0.4, -0.2) is 28.9 Å². The zero-order valence-corrected chi connectivity index (χ0v) is 10.5. The summed E-state index contributed by atoms with van der Waals surface area (Å²) in [6.45, 7) is 1.28. The Labute approximate surface area is 109 Å². The molecule has 102 valence electrons. The van der Waals surface area contributed by atoms with Gasteiger partial charge in [0.1, 0.15) is 5.78 Å². The Morgan fingerprint density at radius 1 is 1.47 bits per heavy atom. The van der Waals surface area contributed by atoms with Crippen molar-refractivity contribution in [2.24, 2.45) is 0 Å². The largest absolute Gasteiger partial charge is 0.465 e. The van der Waals surface area contributed by atoms with Crippen LogP contribution in [0, 0.1) is 10.1 Å². The van der Waals surface area contributed by atoms with E-state index in [0.717, 1.165) is 13.2 Å². The number of rotatable bonds is 5. The molecule has 1 rings (SSSR count). The van der Waals surface area contributed by atoms with Gasteiger partial charge in [0, 0.05) is 12.5 Å². The number of carbonyl (C=O) groups is 2. The zero-order chi connectivity index (χ0) is 14.6. The lowest BCUT2D eigenvalue weighted by Gasteiger charge is -2.10. The maximum absolute atomic E-state index is 11.3. The second-order valence-electron chi connectivity index (χ2n) is 3.94. The van der Waals surface area contributed by atoms with Crippen LogP contribution >= 0.6 is 0 Å². The number of aliphatic hydroxyl groups excluding tert-OH is 1. The number of carbonyl (C=O) groups excluding carboxylic acids is 2. The molecule has 0 fully saturated rings. The van der Waals surface area contributed by atoms with Crippen LogP contribution in [0.3, 0.4) is 0 Å². The molecule has 0 bridgehead atoms. The van der Waals surface area contributed by atoms with E-state index in [1.54, 1.807) is 0 Å². The minimum absolute atomic E-state index is 0.00662. The quantitative estimate of drug-likeness (QED) is 0.491. The lowest BCUT2D eigenvalue weighted by atomic mass is 10.0. The van der Waals surface area contributed by atoms with Crippen molar-refractivity contribution >= 4 is 17.4 Å². The fraction of sp³-hybridized carbons (Fsp3) is 0.333. The van der Waals surface area contributed by atoms with Gasteiger partial charge in [-0.2, -0.15) is 0 Å². The maximum atomic E-state index is 11.3. The first-order valence-electron chi connectivity index (χ1n) is 5.41. The Kier molecular flexibility index (Phi) is 4.71. The number of hydrogen-bond donors (Lipinski definition) is 1. The number of aliphatic hydroxyl groups is 1. The summed E-state index contributed by atoms with van der Waals surface area (Å²) in [5, 5.41) is 20.7. The Morgan fingerprint density at radius 2 is 2.11 bits per heavy atom. The molecular formula is C12H13NO6. The van der Waals surface area contributed by atoms with Crippen molar-refractivity contribution in [1.29, 1.82) is 0 Å². The number of ketones is 1. The molecule has 1 aromatic carbocycles. The molecule has 1 aromatic rings. The van der Waals surface area contributed by atoms with E-state index in [2.05, 4.69) is 4.74 Å². The average Bonchev–Trinajstić information content (AvgIpc) is 2.36. The molecule has 7 heteroatoms. The van der Waals surface area contributed by atoms with Crippen molar-refractivity contribution in [3.8, 4) is 0 Å². The number of methoxy groups -OCH3 is 1. The Balaban J connectivity index is 3.22. The van der Waals surface area contributed by atoms with E-state index >= 15 is 0 Å². The van der Waals surface area contributed by atoms with E-state index in [1.807, 2.05) is 0 Å². The van der Waals surface area contributed by atoms with Gasteiger partial charge in [0.05, 0.1) is 29.3 Å². The topological polar surface area (TPSA) is 107 Å². The molecule has 1 N–H and O–H groups in total. The van der Waals surface area contributed by atoms with Gasteiger partial charge in [-0.05, 0) is 19.1 Å². The summed E-state index contributed by atoms with van der Waals surface area (Å²) in [5.74, 6) is -1.01. The van der Waals surface area contributed by atoms with Gasteiger partial charge in [-0.25, -0.2) is 4.79 Å². The van der Waals surface area contributed by atoms with Gasteiger partial charge in [0.2, 0.25) is 0 Å². The molecule has 0 saturated carbocycles. The molecule has 19 heavy (non-hydrogen) atoms. The number of benzene rings is 1. The Morgan fingerprint density at radius 3 is 2.58 bits per heavy atom. The second kappa shape index (κ2) is 6.05. The van der Waals surface area contributed by atoms with E-state index in [4.69, 9.17) is 0 Å². The van der Waals surface area contributed by atoms with Crippen LogP contribution in [0.15, 0.2) is 18.2 Å². The second-order valence-corrected chi connectivity index (χ2v) is 3.94. The van der Waals surface area contributed by atoms with Crippen LogP contribution in [-0.2, 0) is 9.53 Å². The summed E-state index contributed by atoms with van der Waals surface area (Å²) >= 11 is 0. The average molecular weight is 267 g/mol. The van der Waals surface area contributed by atoms with Crippen LogP contribution < -0.4 is 0 Å². The third-order valence-corrected chi connectivity index (χ3v) is 2.49. The van der Waals surface area contributed by atoms with Gasteiger partial charge < -0.3 is 9.84 Å². The molecule has 0 heterocycles. The highest BCUT2D eigenvalue weighted by Gasteiger charge is 2.23. The molecule has 0 aliphatic carbocycles. The monoisotopic (exact) mass is 267 g/mol. The van der Waals surface area contributed by atoms with Gasteiger partial charge in [-0.3, -0.25) is 14.9 Å². The molecule has 0 radical (unpaired) electrons. The first kappa shape index (κ1) is 14.8. The van der Waals surface area contributed by atoms with E-state index < -0.39 is 22.7 Å². The normalized spacial score (nSPS) is 11.7. The first-order chi connectivity index (χ1) is 8.86. The summed E-state index contributed by atoms with van der Waals surface area (Å²) < 4.78 is 4.46. The molecule has 0 amide bonds. The van der Waals surface area contributed by atoms with Crippen LogP contribution in [0.5, 0.6) is 0 Å². The number of ether oxygens (including phenoxy) is 1. The number of Topliss-reactive ketones (excluding diaryl/α,β-unsaturated/α-hetero) is 1. The highest BCUT2D eigenvalue weighted by Crippen LogP contribution is 2.28. The molecule has 0 saturated heterocycles.